The zero-order valence-electron chi connectivity index (χ0n) is 14.8. The fourth-order valence-electron chi connectivity index (χ4n) is 3.92. The van der Waals surface area contributed by atoms with Crippen LogP contribution in [0.15, 0.2) is 59.2 Å². The van der Waals surface area contributed by atoms with Crippen molar-refractivity contribution in [2.24, 2.45) is 5.92 Å². The molecule has 0 spiro atoms. The number of hydrogen-bond acceptors (Lipinski definition) is 5. The van der Waals surface area contributed by atoms with E-state index in [1.54, 1.807) is 18.6 Å². The third-order valence-electron chi connectivity index (χ3n) is 5.46. The van der Waals surface area contributed by atoms with E-state index in [1.165, 1.54) is 5.41 Å². The van der Waals surface area contributed by atoms with Crippen molar-refractivity contribution in [2.45, 2.75) is 17.7 Å². The molecular formula is C21H16N4O2S. The standard InChI is InChI=1S/C21H16N4O2S/c26-28(27)10-16(12-1-2-12)14-8-19-15(9-21(14)28)17(5-6-22-19)25-13-3-4-18-20(7-13)24-11-23-18/h3-12H,1-2H2,(H,22,25)(H,23,24). The molecule has 2 aliphatic rings. The summed E-state index contributed by atoms with van der Waals surface area (Å²) in [7, 11) is -3.39. The van der Waals surface area contributed by atoms with E-state index < -0.39 is 9.84 Å². The quantitative estimate of drug-likeness (QED) is 0.543. The Labute approximate surface area is 161 Å². The van der Waals surface area contributed by atoms with E-state index in [0.717, 1.165) is 57.3 Å². The van der Waals surface area contributed by atoms with E-state index >= 15 is 0 Å². The van der Waals surface area contributed by atoms with Gasteiger partial charge < -0.3 is 10.3 Å². The highest BCUT2D eigenvalue weighted by Crippen LogP contribution is 2.49. The van der Waals surface area contributed by atoms with Crippen LogP contribution in [0.1, 0.15) is 18.4 Å². The van der Waals surface area contributed by atoms with Crippen LogP contribution in [0.4, 0.5) is 11.4 Å². The minimum Gasteiger partial charge on any atom is -0.355 e. The maximum absolute atomic E-state index is 12.7. The predicted molar refractivity (Wildman–Crippen MR) is 109 cm³/mol. The van der Waals surface area contributed by atoms with E-state index in [-0.39, 0.29) is 0 Å². The van der Waals surface area contributed by atoms with E-state index in [2.05, 4.69) is 20.3 Å². The molecular weight excluding hydrogens is 372 g/mol. The van der Waals surface area contributed by atoms with Crippen molar-refractivity contribution in [2.75, 3.05) is 5.32 Å². The third-order valence-corrected chi connectivity index (χ3v) is 6.97. The lowest BCUT2D eigenvalue weighted by Crippen LogP contribution is -1.97. The Morgan fingerprint density at radius 2 is 1.93 bits per heavy atom. The summed E-state index contributed by atoms with van der Waals surface area (Å²) < 4.78 is 25.4. The van der Waals surface area contributed by atoms with Crippen LogP contribution in [-0.4, -0.2) is 23.4 Å². The van der Waals surface area contributed by atoms with Gasteiger partial charge in [0.25, 0.3) is 0 Å². The first kappa shape index (κ1) is 15.8. The van der Waals surface area contributed by atoms with E-state index in [0.29, 0.717) is 10.8 Å². The lowest BCUT2D eigenvalue weighted by atomic mass is 10.0. The molecule has 4 aromatic rings. The van der Waals surface area contributed by atoms with E-state index in [1.807, 2.05) is 30.3 Å². The molecule has 0 saturated heterocycles. The van der Waals surface area contributed by atoms with Crippen LogP contribution in [0.3, 0.4) is 0 Å². The summed E-state index contributed by atoms with van der Waals surface area (Å²) in [6.07, 6.45) is 5.53. The van der Waals surface area contributed by atoms with Gasteiger partial charge >= 0.3 is 0 Å². The van der Waals surface area contributed by atoms with Gasteiger partial charge in [-0.1, -0.05) is 0 Å². The average molecular weight is 388 g/mol. The number of rotatable bonds is 3. The normalized spacial score (nSPS) is 17.6. The number of allylic oxidation sites excluding steroid dienone is 1. The third kappa shape index (κ3) is 2.36. The summed E-state index contributed by atoms with van der Waals surface area (Å²) in [6, 6.07) is 11.4. The number of H-pyrrole nitrogens is 1. The number of nitrogens with zero attached hydrogens (tertiary/aromatic N) is 2. The van der Waals surface area contributed by atoms with Crippen molar-refractivity contribution in [1.29, 1.82) is 0 Å². The molecule has 3 heterocycles. The molecule has 7 heteroatoms. The van der Waals surface area contributed by atoms with Crippen molar-refractivity contribution in [3.8, 4) is 0 Å². The van der Waals surface area contributed by atoms with Crippen molar-refractivity contribution >= 4 is 48.7 Å². The Hall–Kier alpha value is -3.19. The molecule has 2 aromatic heterocycles. The van der Waals surface area contributed by atoms with Gasteiger partial charge in [-0.05, 0) is 66.3 Å². The maximum Gasteiger partial charge on any atom is 0.200 e. The van der Waals surface area contributed by atoms with Crippen LogP contribution in [-0.2, 0) is 9.84 Å². The number of hydrogen-bond donors (Lipinski definition) is 2. The molecule has 0 amide bonds. The van der Waals surface area contributed by atoms with Gasteiger partial charge in [-0.25, -0.2) is 13.4 Å². The fraction of sp³-hybridized carbons (Fsp3) is 0.143. The number of imidazole rings is 1. The van der Waals surface area contributed by atoms with Crippen LogP contribution in [0.2, 0.25) is 0 Å². The molecule has 6 rings (SSSR count). The van der Waals surface area contributed by atoms with Gasteiger partial charge in [-0.3, -0.25) is 4.98 Å². The minimum absolute atomic E-state index is 0.371. The van der Waals surface area contributed by atoms with Gasteiger partial charge in [-0.15, -0.1) is 0 Å². The second-order valence-electron chi connectivity index (χ2n) is 7.38. The maximum atomic E-state index is 12.7. The lowest BCUT2D eigenvalue weighted by Gasteiger charge is -2.12. The summed E-state index contributed by atoms with van der Waals surface area (Å²) in [6.45, 7) is 0. The first-order valence-electron chi connectivity index (χ1n) is 9.18. The number of aromatic nitrogens is 3. The van der Waals surface area contributed by atoms with Crippen LogP contribution < -0.4 is 5.32 Å². The predicted octanol–water partition coefficient (Wildman–Crippen LogP) is 4.39. The first-order chi connectivity index (χ1) is 13.6. The molecule has 2 N–H and O–H groups in total. The Balaban J connectivity index is 1.49. The first-order valence-corrected chi connectivity index (χ1v) is 10.7. The highest BCUT2D eigenvalue weighted by Gasteiger charge is 2.36. The molecule has 0 bridgehead atoms. The van der Waals surface area contributed by atoms with Gasteiger partial charge in [0.1, 0.15) is 0 Å². The summed E-state index contributed by atoms with van der Waals surface area (Å²) in [5, 5.41) is 5.64. The molecule has 28 heavy (non-hydrogen) atoms. The van der Waals surface area contributed by atoms with Crippen LogP contribution in [0.25, 0.3) is 27.5 Å². The monoisotopic (exact) mass is 388 g/mol. The summed E-state index contributed by atoms with van der Waals surface area (Å²) in [5.41, 5.74) is 6.10. The number of pyridine rings is 1. The Bertz CT molecular complexity index is 1420. The smallest absolute Gasteiger partial charge is 0.200 e. The zero-order chi connectivity index (χ0) is 18.9. The molecule has 138 valence electrons. The molecule has 6 nitrogen and oxygen atoms in total. The van der Waals surface area contributed by atoms with Crippen LogP contribution in [0, 0.1) is 5.92 Å². The fourth-order valence-corrected chi connectivity index (χ4v) is 5.46. The van der Waals surface area contributed by atoms with Gasteiger partial charge in [-0.2, -0.15) is 0 Å². The molecule has 0 atom stereocenters. The van der Waals surface area contributed by atoms with Crippen molar-refractivity contribution in [3.63, 3.8) is 0 Å². The average Bonchev–Trinajstić information content (AvgIpc) is 3.36. The summed E-state index contributed by atoms with van der Waals surface area (Å²) in [4.78, 5) is 12.2. The van der Waals surface area contributed by atoms with Gasteiger partial charge in [0.2, 0.25) is 9.84 Å². The molecule has 1 saturated carbocycles. The van der Waals surface area contributed by atoms with Crippen molar-refractivity contribution < 1.29 is 8.42 Å². The molecule has 1 aliphatic heterocycles. The molecule has 0 radical (unpaired) electrons. The molecule has 1 fully saturated rings. The number of sulfone groups is 1. The summed E-state index contributed by atoms with van der Waals surface area (Å²) in [5.74, 6) is 0.371. The topological polar surface area (TPSA) is 87.7 Å². The van der Waals surface area contributed by atoms with Gasteiger partial charge in [0.05, 0.1) is 27.8 Å². The van der Waals surface area contributed by atoms with Gasteiger partial charge in [0, 0.05) is 28.4 Å². The number of anilines is 2. The number of fused-ring (bicyclic) bond motifs is 3. The number of benzene rings is 2. The van der Waals surface area contributed by atoms with Crippen molar-refractivity contribution in [1.82, 2.24) is 15.0 Å². The largest absolute Gasteiger partial charge is 0.355 e. The van der Waals surface area contributed by atoms with E-state index in [9.17, 15) is 8.42 Å². The second-order valence-corrected chi connectivity index (χ2v) is 9.14. The Kier molecular flexibility index (Phi) is 3.06. The highest BCUT2D eigenvalue weighted by atomic mass is 32.2. The number of nitrogens with one attached hydrogen (secondary N) is 2. The van der Waals surface area contributed by atoms with Crippen LogP contribution in [0.5, 0.6) is 0 Å². The SMILES string of the molecule is O=S1(=O)C=C(C2CC2)c2cc3nccc(Nc4ccc5nc[nH]c5c4)c3cc21. The number of aromatic amines is 1. The molecule has 1 aliphatic carbocycles. The van der Waals surface area contributed by atoms with Crippen LogP contribution >= 0.6 is 0 Å². The van der Waals surface area contributed by atoms with Gasteiger partial charge in [0.15, 0.2) is 0 Å². The summed E-state index contributed by atoms with van der Waals surface area (Å²) >= 11 is 0. The second kappa shape index (κ2) is 5.42. The minimum atomic E-state index is -3.39. The lowest BCUT2D eigenvalue weighted by molar-refractivity contribution is 0.605. The molecule has 2 aromatic carbocycles. The van der Waals surface area contributed by atoms with Crippen molar-refractivity contribution in [3.05, 3.63) is 59.9 Å². The highest BCUT2D eigenvalue weighted by molar-refractivity contribution is 7.95. The zero-order valence-corrected chi connectivity index (χ0v) is 15.6. The Morgan fingerprint density at radius 3 is 2.79 bits per heavy atom. The molecule has 0 unspecified atom stereocenters. The van der Waals surface area contributed by atoms with E-state index in [4.69, 9.17) is 0 Å². The Morgan fingerprint density at radius 1 is 1.04 bits per heavy atom.